The van der Waals surface area contributed by atoms with Gasteiger partial charge >= 0.3 is 6.18 Å². The van der Waals surface area contributed by atoms with Crippen LogP contribution in [0.25, 0.3) is 11.0 Å². The van der Waals surface area contributed by atoms with E-state index in [2.05, 4.69) is 15.7 Å². The first-order chi connectivity index (χ1) is 12.8. The summed E-state index contributed by atoms with van der Waals surface area (Å²) in [6.45, 7) is 3.03. The molecule has 27 heavy (non-hydrogen) atoms. The lowest BCUT2D eigenvalue weighted by molar-refractivity contribution is -0.141. The molecule has 2 unspecified atom stereocenters. The SMILES string of the molecule is CN.Cc1[nH]c2c(N3CC4CCCC4C3)c(C#N)c(C(F)(F)F)nc2c1Cl. The van der Waals surface area contributed by atoms with E-state index >= 15 is 0 Å². The van der Waals surface area contributed by atoms with Gasteiger partial charge in [0.25, 0.3) is 0 Å². The monoisotopic (exact) mass is 399 g/mol. The maximum atomic E-state index is 13.5. The Hall–Kier alpha value is -1.98. The summed E-state index contributed by atoms with van der Waals surface area (Å²) in [6.07, 6.45) is -1.36. The van der Waals surface area contributed by atoms with Gasteiger partial charge in [-0.2, -0.15) is 18.4 Å². The van der Waals surface area contributed by atoms with Crippen LogP contribution in [0.15, 0.2) is 0 Å². The van der Waals surface area contributed by atoms with Gasteiger partial charge in [-0.15, -0.1) is 0 Å². The Morgan fingerprint density at radius 3 is 2.37 bits per heavy atom. The second kappa shape index (κ2) is 7.21. The number of aromatic nitrogens is 2. The van der Waals surface area contributed by atoms with Crippen LogP contribution in [0, 0.1) is 30.1 Å². The molecule has 3 N–H and O–H groups in total. The van der Waals surface area contributed by atoms with Crippen LogP contribution < -0.4 is 10.6 Å². The molecule has 0 aromatic carbocycles. The minimum Gasteiger partial charge on any atom is -0.368 e. The summed E-state index contributed by atoms with van der Waals surface area (Å²) in [5.41, 5.74) is 4.27. The van der Waals surface area contributed by atoms with Crippen molar-refractivity contribution in [3.05, 3.63) is 22.0 Å². The summed E-state index contributed by atoms with van der Waals surface area (Å²) >= 11 is 6.17. The number of rotatable bonds is 1. The second-order valence-corrected chi connectivity index (χ2v) is 7.32. The van der Waals surface area contributed by atoms with Crippen LogP contribution in [0.4, 0.5) is 18.9 Å². The number of aryl methyl sites for hydroxylation is 1. The lowest BCUT2D eigenvalue weighted by Crippen LogP contribution is -2.24. The number of alkyl halides is 3. The fourth-order valence-corrected chi connectivity index (χ4v) is 4.50. The highest BCUT2D eigenvalue weighted by molar-refractivity contribution is 6.36. The Bertz CT molecular complexity index is 887. The van der Waals surface area contributed by atoms with Gasteiger partial charge in [-0.1, -0.05) is 18.0 Å². The van der Waals surface area contributed by atoms with Crippen LogP contribution in [0.3, 0.4) is 0 Å². The van der Waals surface area contributed by atoms with Crippen molar-refractivity contribution >= 4 is 28.3 Å². The topological polar surface area (TPSA) is 81.7 Å². The number of fused-ring (bicyclic) bond motifs is 2. The molecule has 4 rings (SSSR count). The van der Waals surface area contributed by atoms with Gasteiger partial charge in [0, 0.05) is 18.8 Å². The summed E-state index contributed by atoms with van der Waals surface area (Å²) < 4.78 is 40.5. The smallest absolute Gasteiger partial charge is 0.368 e. The number of nitrogens with one attached hydrogen (secondary N) is 1. The standard InChI is InChI=1S/C17H16ClF3N4.CH5N/c1-8-12(18)13-14(23-8)15(11(5-22)16(24-13)17(19,20)21)25-6-9-3-2-4-10(9)7-25;1-2/h9-10,23H,2-4,6-7H2,1H3;2H2,1H3. The largest absolute Gasteiger partial charge is 0.434 e. The number of nitrogens with two attached hydrogens (primary N) is 1. The maximum absolute atomic E-state index is 13.5. The van der Waals surface area contributed by atoms with Crippen molar-refractivity contribution in [3.63, 3.8) is 0 Å². The molecular weight excluding hydrogens is 379 g/mol. The third-order valence-corrected chi connectivity index (χ3v) is 5.91. The number of hydrogen-bond acceptors (Lipinski definition) is 4. The molecule has 2 aromatic rings. The molecule has 2 aliphatic rings. The van der Waals surface area contributed by atoms with Crippen LogP contribution >= 0.6 is 11.6 Å². The van der Waals surface area contributed by atoms with Crippen LogP contribution in [0.1, 0.15) is 36.2 Å². The lowest BCUT2D eigenvalue weighted by atomic mass is 10.0. The molecule has 1 aliphatic carbocycles. The molecule has 146 valence electrons. The van der Waals surface area contributed by atoms with Crippen molar-refractivity contribution in [2.24, 2.45) is 17.6 Å². The predicted molar refractivity (Wildman–Crippen MR) is 98.7 cm³/mol. The molecule has 3 heterocycles. The molecule has 0 bridgehead atoms. The van der Waals surface area contributed by atoms with Gasteiger partial charge in [0.05, 0.1) is 16.2 Å². The zero-order chi connectivity index (χ0) is 19.9. The van der Waals surface area contributed by atoms with E-state index in [0.717, 1.165) is 12.8 Å². The Balaban J connectivity index is 0.00000102. The van der Waals surface area contributed by atoms with E-state index in [-0.39, 0.29) is 10.5 Å². The summed E-state index contributed by atoms with van der Waals surface area (Å²) in [6, 6.07) is 1.75. The highest BCUT2D eigenvalue weighted by Gasteiger charge is 2.42. The molecule has 9 heteroatoms. The summed E-state index contributed by atoms with van der Waals surface area (Å²) in [4.78, 5) is 8.66. The Labute approximate surface area is 160 Å². The number of nitriles is 1. The number of hydrogen-bond donors (Lipinski definition) is 2. The molecule has 5 nitrogen and oxygen atoms in total. The van der Waals surface area contributed by atoms with E-state index in [1.54, 1.807) is 13.0 Å². The quantitative estimate of drug-likeness (QED) is 0.752. The molecule has 2 atom stereocenters. The van der Waals surface area contributed by atoms with Crippen LogP contribution in [-0.4, -0.2) is 30.1 Å². The van der Waals surface area contributed by atoms with Crippen molar-refractivity contribution in [1.82, 2.24) is 9.97 Å². The minimum atomic E-state index is -4.71. The number of aromatic amines is 1. The van der Waals surface area contributed by atoms with E-state index in [1.165, 1.54) is 13.5 Å². The van der Waals surface area contributed by atoms with Crippen LogP contribution in [0.2, 0.25) is 5.02 Å². The maximum Gasteiger partial charge on any atom is 0.434 e. The van der Waals surface area contributed by atoms with Crippen molar-refractivity contribution in [2.45, 2.75) is 32.4 Å². The average Bonchev–Trinajstić information content (AvgIpc) is 3.29. The molecule has 1 saturated heterocycles. The first-order valence-electron chi connectivity index (χ1n) is 8.83. The molecule has 2 aromatic heterocycles. The van der Waals surface area contributed by atoms with E-state index in [1.807, 2.05) is 4.90 Å². The molecule has 1 aliphatic heterocycles. The second-order valence-electron chi connectivity index (χ2n) is 6.94. The van der Waals surface area contributed by atoms with Gasteiger partial charge < -0.3 is 15.6 Å². The van der Waals surface area contributed by atoms with Crippen molar-refractivity contribution in [2.75, 3.05) is 25.0 Å². The number of anilines is 1. The molecule has 1 saturated carbocycles. The number of pyridine rings is 1. The summed E-state index contributed by atoms with van der Waals surface area (Å²) in [7, 11) is 1.50. The highest BCUT2D eigenvalue weighted by Crippen LogP contribution is 2.45. The number of halogens is 4. The third kappa shape index (κ3) is 3.23. The fourth-order valence-electron chi connectivity index (χ4n) is 4.31. The van der Waals surface area contributed by atoms with Gasteiger partial charge in [-0.3, -0.25) is 0 Å². The van der Waals surface area contributed by atoms with Gasteiger partial charge in [0.1, 0.15) is 17.1 Å². The van der Waals surface area contributed by atoms with Crippen molar-refractivity contribution in [1.29, 1.82) is 5.26 Å². The van der Waals surface area contributed by atoms with E-state index in [0.29, 0.717) is 41.8 Å². The van der Waals surface area contributed by atoms with Crippen molar-refractivity contribution < 1.29 is 13.2 Å². The lowest BCUT2D eigenvalue weighted by Gasteiger charge is -2.23. The highest BCUT2D eigenvalue weighted by atomic mass is 35.5. The van der Waals surface area contributed by atoms with Gasteiger partial charge in [-0.25, -0.2) is 4.98 Å². The van der Waals surface area contributed by atoms with Gasteiger partial charge in [-0.05, 0) is 38.6 Å². The zero-order valence-corrected chi connectivity index (χ0v) is 15.9. The molecule has 0 radical (unpaired) electrons. The first kappa shape index (κ1) is 19.8. The van der Waals surface area contributed by atoms with Crippen LogP contribution in [0.5, 0.6) is 0 Å². The zero-order valence-electron chi connectivity index (χ0n) is 15.1. The Morgan fingerprint density at radius 2 is 1.85 bits per heavy atom. The first-order valence-corrected chi connectivity index (χ1v) is 9.20. The number of H-pyrrole nitrogens is 1. The molecule has 2 fully saturated rings. The Morgan fingerprint density at radius 1 is 1.26 bits per heavy atom. The summed E-state index contributed by atoms with van der Waals surface area (Å²) in [5, 5.41) is 9.67. The van der Waals surface area contributed by atoms with Crippen LogP contribution in [-0.2, 0) is 6.18 Å². The molecular formula is C18H21ClF3N5. The number of nitrogens with zero attached hydrogens (tertiary/aromatic N) is 3. The normalized spacial score (nSPS) is 21.8. The van der Waals surface area contributed by atoms with E-state index in [9.17, 15) is 18.4 Å². The fraction of sp³-hybridized carbons (Fsp3) is 0.556. The van der Waals surface area contributed by atoms with Crippen molar-refractivity contribution in [3.8, 4) is 6.07 Å². The summed E-state index contributed by atoms with van der Waals surface area (Å²) in [5.74, 6) is 0.964. The Kier molecular flexibility index (Phi) is 5.28. The average molecular weight is 400 g/mol. The minimum absolute atomic E-state index is 0.0811. The van der Waals surface area contributed by atoms with Gasteiger partial charge in [0.15, 0.2) is 5.69 Å². The van der Waals surface area contributed by atoms with Gasteiger partial charge in [0.2, 0.25) is 0 Å². The predicted octanol–water partition coefficient (Wildman–Crippen LogP) is 4.23. The van der Waals surface area contributed by atoms with E-state index < -0.39 is 17.4 Å². The molecule has 0 amide bonds. The van der Waals surface area contributed by atoms with E-state index in [4.69, 9.17) is 11.6 Å². The third-order valence-electron chi connectivity index (χ3n) is 5.44. The molecule has 0 spiro atoms.